The molecule has 1 saturated carbocycles. The smallest absolute Gasteiger partial charge is 0.308 e. The molecule has 10 nitrogen and oxygen atoms in total. The fraction of sp³-hybridized carbons (Fsp3) is 0.583. The molecule has 182 valence electrons. The van der Waals surface area contributed by atoms with Crippen LogP contribution in [0.2, 0.25) is 0 Å². The summed E-state index contributed by atoms with van der Waals surface area (Å²) in [7, 11) is 3.29. The molecule has 1 aliphatic carbocycles. The highest BCUT2D eigenvalue weighted by Crippen LogP contribution is 2.31. The topological polar surface area (TPSA) is 110 Å². The Morgan fingerprint density at radius 3 is 2.82 bits per heavy atom. The number of esters is 1. The predicted octanol–water partition coefficient (Wildman–Crippen LogP) is 3.13. The van der Waals surface area contributed by atoms with Crippen LogP contribution in [-0.2, 0) is 29.5 Å². The van der Waals surface area contributed by atoms with Gasteiger partial charge in [-0.1, -0.05) is 19.1 Å². The molecule has 3 aromatic rings. The van der Waals surface area contributed by atoms with Gasteiger partial charge >= 0.3 is 5.97 Å². The van der Waals surface area contributed by atoms with Crippen LogP contribution in [0.1, 0.15) is 56.6 Å². The number of hydrogen-bond donors (Lipinski definition) is 0. The van der Waals surface area contributed by atoms with Crippen LogP contribution in [0, 0.1) is 18.8 Å². The second kappa shape index (κ2) is 10.3. The number of rotatable bonds is 8. The van der Waals surface area contributed by atoms with E-state index in [0.717, 1.165) is 54.2 Å². The number of carbonyl (C=O) groups excluding carboxylic acids is 1. The number of nitrogens with zero attached hydrogens (tertiary/aromatic N) is 7. The minimum Gasteiger partial charge on any atom is -0.489 e. The number of ether oxygens (including phenoxy) is 2. The average molecular weight is 468 g/mol. The highest BCUT2D eigenvalue weighted by Gasteiger charge is 2.29. The van der Waals surface area contributed by atoms with Gasteiger partial charge in [-0.2, -0.15) is 15.0 Å². The van der Waals surface area contributed by atoms with Gasteiger partial charge in [-0.05, 0) is 57.1 Å². The normalized spacial score (nSPS) is 18.3. The lowest BCUT2D eigenvalue weighted by atomic mass is 9.87. The third-order valence-electron chi connectivity index (χ3n) is 6.17. The van der Waals surface area contributed by atoms with Gasteiger partial charge in [-0.15, -0.1) is 5.10 Å². The third-order valence-corrected chi connectivity index (χ3v) is 6.17. The summed E-state index contributed by atoms with van der Waals surface area (Å²) < 4.78 is 12.9. The van der Waals surface area contributed by atoms with E-state index < -0.39 is 0 Å². The van der Waals surface area contributed by atoms with E-state index in [1.165, 1.54) is 7.11 Å². The minimum atomic E-state index is -0.156. The summed E-state index contributed by atoms with van der Waals surface area (Å²) in [6.45, 7) is 6.69. The van der Waals surface area contributed by atoms with Crippen LogP contribution >= 0.6 is 0 Å². The largest absolute Gasteiger partial charge is 0.489 e. The number of aryl methyl sites for hydroxylation is 2. The molecule has 0 saturated heterocycles. The first-order chi connectivity index (χ1) is 16.3. The predicted molar refractivity (Wildman–Crippen MR) is 125 cm³/mol. The van der Waals surface area contributed by atoms with E-state index in [0.29, 0.717) is 24.6 Å². The molecule has 34 heavy (non-hydrogen) atoms. The molecule has 0 bridgehead atoms. The van der Waals surface area contributed by atoms with Gasteiger partial charge in [-0.25, -0.2) is 9.67 Å². The summed E-state index contributed by atoms with van der Waals surface area (Å²) in [5, 5.41) is 17.5. The maximum Gasteiger partial charge on any atom is 0.308 e. The average Bonchev–Trinajstić information content (AvgIpc) is 3.41. The highest BCUT2D eigenvalue weighted by molar-refractivity contribution is 5.72. The minimum absolute atomic E-state index is 0.0257. The van der Waals surface area contributed by atoms with Gasteiger partial charge in [0.1, 0.15) is 18.0 Å². The maximum absolute atomic E-state index is 11.9. The summed E-state index contributed by atoms with van der Waals surface area (Å²) in [6, 6.07) is 3.82. The van der Waals surface area contributed by atoms with Crippen molar-refractivity contribution in [2.45, 2.75) is 65.5 Å². The monoisotopic (exact) mass is 467 g/mol. The lowest BCUT2D eigenvalue weighted by Gasteiger charge is -2.28. The van der Waals surface area contributed by atoms with Crippen LogP contribution in [-0.4, -0.2) is 54.2 Å². The van der Waals surface area contributed by atoms with Crippen LogP contribution in [0.3, 0.4) is 0 Å². The molecule has 4 rings (SSSR count). The second-order valence-corrected chi connectivity index (χ2v) is 9.38. The van der Waals surface area contributed by atoms with Gasteiger partial charge in [0.25, 0.3) is 0 Å². The molecule has 0 spiro atoms. The molecular formula is C24H33N7O3. The number of aromatic nitrogens is 7. The summed E-state index contributed by atoms with van der Waals surface area (Å²) in [5.74, 6) is 0.982. The van der Waals surface area contributed by atoms with Crippen molar-refractivity contribution in [1.82, 2.24) is 35.0 Å². The Morgan fingerprint density at radius 2 is 2.09 bits per heavy atom. The van der Waals surface area contributed by atoms with Crippen molar-refractivity contribution < 1.29 is 14.3 Å². The van der Waals surface area contributed by atoms with Gasteiger partial charge < -0.3 is 9.47 Å². The van der Waals surface area contributed by atoms with Crippen molar-refractivity contribution >= 4 is 5.97 Å². The van der Waals surface area contributed by atoms with Crippen LogP contribution in [0.15, 0.2) is 18.3 Å². The number of carbonyl (C=O) groups is 1. The van der Waals surface area contributed by atoms with E-state index >= 15 is 0 Å². The quantitative estimate of drug-likeness (QED) is 0.465. The molecule has 1 fully saturated rings. The van der Waals surface area contributed by atoms with Crippen LogP contribution < -0.4 is 4.74 Å². The van der Waals surface area contributed by atoms with Crippen molar-refractivity contribution in [1.29, 1.82) is 0 Å². The molecule has 0 N–H and O–H groups in total. The number of pyridine rings is 1. The Labute approximate surface area is 199 Å². The Balaban J connectivity index is 1.49. The fourth-order valence-corrected chi connectivity index (χ4v) is 4.43. The lowest BCUT2D eigenvalue weighted by Crippen LogP contribution is -2.30. The molecule has 3 aromatic heterocycles. The van der Waals surface area contributed by atoms with Crippen LogP contribution in [0.4, 0.5) is 0 Å². The third kappa shape index (κ3) is 5.43. The Morgan fingerprint density at radius 1 is 1.26 bits per heavy atom. The van der Waals surface area contributed by atoms with Gasteiger partial charge in [-0.3, -0.25) is 4.79 Å². The van der Waals surface area contributed by atoms with E-state index in [-0.39, 0.29) is 18.0 Å². The van der Waals surface area contributed by atoms with Crippen LogP contribution in [0.5, 0.6) is 5.75 Å². The Kier molecular flexibility index (Phi) is 7.23. The molecule has 0 radical (unpaired) electrons. The zero-order valence-corrected chi connectivity index (χ0v) is 20.6. The molecule has 0 unspecified atom stereocenters. The standard InChI is InChI=1S/C24H33N7O3/c1-15(2)11-18-13-25-31(28-18)14-21-23(27-29-30(21)4)20-9-10-22(16(3)26-20)34-19-8-6-7-17(12-19)24(32)33-5/h9-10,13,15,17,19H,6-8,11-12,14H2,1-5H3/t17-,19-/m0/s1. The first-order valence-corrected chi connectivity index (χ1v) is 11.8. The van der Waals surface area contributed by atoms with Crippen molar-refractivity contribution in [3.63, 3.8) is 0 Å². The van der Waals surface area contributed by atoms with Gasteiger partial charge in [0, 0.05) is 7.05 Å². The van der Waals surface area contributed by atoms with Crippen molar-refractivity contribution in [2.24, 2.45) is 18.9 Å². The Bertz CT molecular complexity index is 1140. The molecule has 0 aliphatic heterocycles. The fourth-order valence-electron chi connectivity index (χ4n) is 4.43. The van der Waals surface area contributed by atoms with E-state index in [9.17, 15) is 4.79 Å². The Hall–Kier alpha value is -3.30. The van der Waals surface area contributed by atoms with Crippen molar-refractivity contribution in [3.8, 4) is 17.1 Å². The van der Waals surface area contributed by atoms with E-state index in [1.807, 2.05) is 32.3 Å². The zero-order valence-electron chi connectivity index (χ0n) is 20.6. The van der Waals surface area contributed by atoms with Crippen molar-refractivity contribution in [3.05, 3.63) is 35.4 Å². The zero-order chi connectivity index (χ0) is 24.2. The first-order valence-electron chi connectivity index (χ1n) is 11.8. The highest BCUT2D eigenvalue weighted by atomic mass is 16.5. The first kappa shape index (κ1) is 23.8. The summed E-state index contributed by atoms with van der Waals surface area (Å²) in [4.78, 5) is 18.4. The van der Waals surface area contributed by atoms with E-state index in [4.69, 9.17) is 14.5 Å². The molecule has 1 aliphatic rings. The second-order valence-electron chi connectivity index (χ2n) is 9.38. The lowest BCUT2D eigenvalue weighted by molar-refractivity contribution is -0.147. The molecule has 0 amide bonds. The molecule has 0 aromatic carbocycles. The summed E-state index contributed by atoms with van der Waals surface area (Å²) in [6.07, 6.45) is 6.05. The van der Waals surface area contributed by atoms with E-state index in [2.05, 4.69) is 34.4 Å². The van der Waals surface area contributed by atoms with Gasteiger partial charge in [0.15, 0.2) is 0 Å². The molecule has 2 atom stereocenters. The van der Waals surface area contributed by atoms with Crippen LogP contribution in [0.25, 0.3) is 11.4 Å². The van der Waals surface area contributed by atoms with Gasteiger partial charge in [0.2, 0.25) is 0 Å². The summed E-state index contributed by atoms with van der Waals surface area (Å²) in [5.41, 5.74) is 4.03. The van der Waals surface area contributed by atoms with E-state index in [1.54, 1.807) is 9.48 Å². The van der Waals surface area contributed by atoms with Crippen molar-refractivity contribution in [2.75, 3.05) is 7.11 Å². The SMILES string of the molecule is COC(=O)[C@H]1CCC[C@H](Oc2ccc(-c3nnn(C)c3Cn3ncc(CC(C)C)n3)nc2C)C1. The molecule has 10 heteroatoms. The molecule has 3 heterocycles. The maximum atomic E-state index is 11.9. The summed E-state index contributed by atoms with van der Waals surface area (Å²) >= 11 is 0. The van der Waals surface area contributed by atoms with Gasteiger partial charge in [0.05, 0.1) is 48.1 Å². The molecular weight excluding hydrogens is 434 g/mol. The number of hydrogen-bond acceptors (Lipinski definition) is 8. The number of methoxy groups -OCH3 is 1.